The van der Waals surface area contributed by atoms with E-state index in [1.54, 1.807) is 12.3 Å². The molecule has 0 aliphatic rings. The van der Waals surface area contributed by atoms with Crippen LogP contribution in [0.15, 0.2) is 28.2 Å². The number of aromatic nitrogens is 4. The van der Waals surface area contributed by atoms with Gasteiger partial charge in [-0.2, -0.15) is 9.61 Å². The van der Waals surface area contributed by atoms with Gasteiger partial charge in [-0.3, -0.25) is 4.79 Å². The molecule has 0 saturated carbocycles. The van der Waals surface area contributed by atoms with Crippen molar-refractivity contribution in [1.29, 1.82) is 0 Å². The fraction of sp³-hybridized carbons (Fsp3) is 0.250. The van der Waals surface area contributed by atoms with Crippen molar-refractivity contribution in [3.8, 4) is 0 Å². The summed E-state index contributed by atoms with van der Waals surface area (Å²) in [6.45, 7) is 2.54. The van der Waals surface area contributed by atoms with Gasteiger partial charge in [0.1, 0.15) is 10.7 Å². The first-order valence-electron chi connectivity index (χ1n) is 5.83. The SMILES string of the molecule is CSc1cc2n(Cc3cnc(Cl)s3)c(C)cc(=O)n2n1. The smallest absolute Gasteiger partial charge is 0.274 e. The Morgan fingerprint density at radius 2 is 2.25 bits per heavy atom. The maximum absolute atomic E-state index is 12.0. The van der Waals surface area contributed by atoms with Crippen LogP contribution in [-0.4, -0.2) is 25.4 Å². The maximum atomic E-state index is 12.0. The summed E-state index contributed by atoms with van der Waals surface area (Å²) >= 11 is 8.81. The lowest BCUT2D eigenvalue weighted by Gasteiger charge is -2.10. The molecule has 0 unspecified atom stereocenters. The molecule has 0 radical (unpaired) electrons. The standard InChI is InChI=1S/C12H11ClN4OS2/c1-7-3-11(18)17-10(4-9(15-17)19-2)16(7)6-8-5-14-12(13)20-8/h3-5H,6H2,1-2H3. The number of hydrogen-bond acceptors (Lipinski definition) is 5. The van der Waals surface area contributed by atoms with Crippen molar-refractivity contribution >= 4 is 40.3 Å². The predicted molar refractivity (Wildman–Crippen MR) is 82.2 cm³/mol. The number of thioether (sulfide) groups is 1. The summed E-state index contributed by atoms with van der Waals surface area (Å²) in [6.07, 6.45) is 3.69. The zero-order valence-corrected chi connectivity index (χ0v) is 13.2. The van der Waals surface area contributed by atoms with E-state index in [0.717, 1.165) is 21.2 Å². The van der Waals surface area contributed by atoms with Crippen LogP contribution in [0.2, 0.25) is 4.47 Å². The lowest BCUT2D eigenvalue weighted by molar-refractivity contribution is 0.738. The molecule has 0 fully saturated rings. The number of fused-ring (bicyclic) bond motifs is 1. The van der Waals surface area contributed by atoms with Crippen LogP contribution in [0.1, 0.15) is 10.6 Å². The zero-order valence-electron chi connectivity index (χ0n) is 10.8. The molecule has 3 rings (SSSR count). The van der Waals surface area contributed by atoms with Crippen LogP contribution in [0, 0.1) is 6.92 Å². The monoisotopic (exact) mass is 326 g/mol. The van der Waals surface area contributed by atoms with Crippen LogP contribution in [0.25, 0.3) is 5.65 Å². The van der Waals surface area contributed by atoms with E-state index >= 15 is 0 Å². The van der Waals surface area contributed by atoms with Crippen LogP contribution in [0.4, 0.5) is 0 Å². The van der Waals surface area contributed by atoms with Crippen molar-refractivity contribution in [2.24, 2.45) is 0 Å². The van der Waals surface area contributed by atoms with Crippen molar-refractivity contribution in [1.82, 2.24) is 19.2 Å². The van der Waals surface area contributed by atoms with E-state index in [0.29, 0.717) is 11.0 Å². The van der Waals surface area contributed by atoms with Crippen LogP contribution in [-0.2, 0) is 6.54 Å². The highest BCUT2D eigenvalue weighted by Gasteiger charge is 2.11. The largest absolute Gasteiger partial charge is 0.325 e. The van der Waals surface area contributed by atoms with Gasteiger partial charge in [-0.05, 0) is 13.2 Å². The molecule has 0 N–H and O–H groups in total. The Labute approximate surface area is 128 Å². The number of halogens is 1. The van der Waals surface area contributed by atoms with Gasteiger partial charge < -0.3 is 4.57 Å². The number of thiazole rings is 1. The van der Waals surface area contributed by atoms with Gasteiger partial charge in [-0.25, -0.2) is 4.98 Å². The molecule has 0 aromatic carbocycles. The van der Waals surface area contributed by atoms with Crippen molar-refractivity contribution < 1.29 is 0 Å². The molecular weight excluding hydrogens is 316 g/mol. The van der Waals surface area contributed by atoms with Crippen LogP contribution in [0.3, 0.4) is 0 Å². The van der Waals surface area contributed by atoms with E-state index in [9.17, 15) is 4.79 Å². The van der Waals surface area contributed by atoms with E-state index in [-0.39, 0.29) is 5.56 Å². The van der Waals surface area contributed by atoms with Gasteiger partial charge in [0, 0.05) is 28.9 Å². The molecule has 3 heterocycles. The molecule has 0 amide bonds. The fourth-order valence-electron chi connectivity index (χ4n) is 2.02. The lowest BCUT2D eigenvalue weighted by atomic mass is 10.4. The summed E-state index contributed by atoms with van der Waals surface area (Å²) in [5, 5.41) is 5.11. The molecule has 0 aliphatic carbocycles. The van der Waals surface area contributed by atoms with Crippen molar-refractivity contribution in [3.63, 3.8) is 0 Å². The molecule has 0 bridgehead atoms. The summed E-state index contributed by atoms with van der Waals surface area (Å²) in [7, 11) is 0. The Bertz CT molecular complexity index is 836. The van der Waals surface area contributed by atoms with E-state index in [1.165, 1.54) is 27.6 Å². The molecule has 0 atom stereocenters. The van der Waals surface area contributed by atoms with E-state index < -0.39 is 0 Å². The Morgan fingerprint density at radius 1 is 1.45 bits per heavy atom. The zero-order chi connectivity index (χ0) is 14.3. The summed E-state index contributed by atoms with van der Waals surface area (Å²) in [4.78, 5) is 17.1. The topological polar surface area (TPSA) is 52.2 Å². The number of rotatable bonds is 3. The van der Waals surface area contributed by atoms with Crippen molar-refractivity contribution in [3.05, 3.63) is 43.7 Å². The molecule has 0 aliphatic heterocycles. The molecule has 0 saturated heterocycles. The number of nitrogens with zero attached hydrogens (tertiary/aromatic N) is 4. The molecular formula is C12H11ClN4OS2. The fourth-order valence-corrected chi connectivity index (χ4v) is 3.37. The van der Waals surface area contributed by atoms with Crippen molar-refractivity contribution in [2.45, 2.75) is 18.5 Å². The van der Waals surface area contributed by atoms with Gasteiger partial charge in [-0.15, -0.1) is 23.1 Å². The highest BCUT2D eigenvalue weighted by molar-refractivity contribution is 7.98. The molecule has 0 spiro atoms. The summed E-state index contributed by atoms with van der Waals surface area (Å²) in [5.74, 6) is 0. The minimum atomic E-state index is -0.114. The first-order chi connectivity index (χ1) is 9.58. The van der Waals surface area contributed by atoms with Gasteiger partial charge in [0.05, 0.1) is 6.54 Å². The Balaban J connectivity index is 2.18. The highest BCUT2D eigenvalue weighted by Crippen LogP contribution is 2.21. The third kappa shape index (κ3) is 2.36. The quantitative estimate of drug-likeness (QED) is 0.694. The molecule has 3 aromatic rings. The van der Waals surface area contributed by atoms with Crippen LogP contribution < -0.4 is 5.56 Å². The third-order valence-electron chi connectivity index (χ3n) is 2.96. The van der Waals surface area contributed by atoms with Gasteiger partial charge in [-0.1, -0.05) is 11.6 Å². The van der Waals surface area contributed by atoms with Crippen LogP contribution >= 0.6 is 34.7 Å². The average Bonchev–Trinajstić information content (AvgIpc) is 3.01. The first-order valence-corrected chi connectivity index (χ1v) is 8.25. The molecule has 3 aromatic heterocycles. The Morgan fingerprint density at radius 3 is 2.90 bits per heavy atom. The van der Waals surface area contributed by atoms with Crippen molar-refractivity contribution in [2.75, 3.05) is 6.26 Å². The summed E-state index contributed by atoms with van der Waals surface area (Å²) in [6, 6.07) is 3.51. The summed E-state index contributed by atoms with van der Waals surface area (Å²) in [5.41, 5.74) is 1.56. The second-order valence-corrected chi connectivity index (χ2v) is 6.77. The molecule has 20 heavy (non-hydrogen) atoms. The molecule has 5 nitrogen and oxygen atoms in total. The van der Waals surface area contributed by atoms with Crippen LogP contribution in [0.5, 0.6) is 0 Å². The maximum Gasteiger partial charge on any atom is 0.274 e. The Kier molecular flexibility index (Phi) is 3.57. The minimum absolute atomic E-state index is 0.114. The minimum Gasteiger partial charge on any atom is -0.325 e. The second-order valence-electron chi connectivity index (χ2n) is 4.25. The predicted octanol–water partition coefficient (Wildman–Crippen LogP) is 2.68. The molecule has 8 heteroatoms. The Hall–Kier alpha value is -1.31. The lowest BCUT2D eigenvalue weighted by Crippen LogP contribution is -2.19. The average molecular weight is 327 g/mol. The van der Waals surface area contributed by atoms with Gasteiger partial charge in [0.2, 0.25) is 0 Å². The first kappa shape index (κ1) is 13.7. The third-order valence-corrected chi connectivity index (χ3v) is 4.68. The molecule has 104 valence electrons. The summed E-state index contributed by atoms with van der Waals surface area (Å²) < 4.78 is 3.99. The second kappa shape index (κ2) is 5.23. The highest BCUT2D eigenvalue weighted by atomic mass is 35.5. The van der Waals surface area contributed by atoms with E-state index in [2.05, 4.69) is 10.1 Å². The normalized spacial score (nSPS) is 11.3. The van der Waals surface area contributed by atoms with Gasteiger partial charge >= 0.3 is 0 Å². The van der Waals surface area contributed by atoms with Gasteiger partial charge in [0.15, 0.2) is 4.47 Å². The van der Waals surface area contributed by atoms with Gasteiger partial charge in [0.25, 0.3) is 5.56 Å². The number of hydrogen-bond donors (Lipinski definition) is 0. The van der Waals surface area contributed by atoms with E-state index in [4.69, 9.17) is 11.6 Å². The number of aryl methyl sites for hydroxylation is 1. The van der Waals surface area contributed by atoms with E-state index in [1.807, 2.05) is 23.8 Å².